The summed E-state index contributed by atoms with van der Waals surface area (Å²) in [5, 5.41) is 0. The minimum Gasteiger partial charge on any atom is -0.273 e. The van der Waals surface area contributed by atoms with E-state index in [1.54, 1.807) is 6.92 Å². The van der Waals surface area contributed by atoms with Crippen molar-refractivity contribution in [2.24, 2.45) is 0 Å². The number of halogens is 1. The maximum Gasteiger partial charge on any atom is 0.242 e. The Labute approximate surface area is 92.8 Å². The molecule has 0 unspecified atom stereocenters. The first-order chi connectivity index (χ1) is 7.61. The molecule has 1 rings (SSSR count). The summed E-state index contributed by atoms with van der Waals surface area (Å²) in [6, 6.07) is 5.62. The van der Waals surface area contributed by atoms with Crippen molar-refractivity contribution in [2.75, 3.05) is 0 Å². The van der Waals surface area contributed by atoms with Crippen LogP contribution >= 0.6 is 0 Å². The number of amides is 2. The van der Waals surface area contributed by atoms with E-state index in [4.69, 9.17) is 0 Å². The standard InChI is InChI=1S/C11H13FN2O2/c1-2-10(15)13-14-11(16)7-8-3-5-9(12)6-4-8/h3-6H,2,7H2,1H3,(H,13,15)(H,14,16). The molecule has 0 atom stereocenters. The number of nitrogens with one attached hydrogen (secondary N) is 2. The van der Waals surface area contributed by atoms with Gasteiger partial charge in [-0.3, -0.25) is 20.4 Å². The molecule has 0 aromatic heterocycles. The molecule has 1 aromatic rings. The Kier molecular flexibility index (Phi) is 4.44. The van der Waals surface area contributed by atoms with Gasteiger partial charge >= 0.3 is 0 Å². The summed E-state index contributed by atoms with van der Waals surface area (Å²) in [6.45, 7) is 1.68. The Morgan fingerprint density at radius 1 is 1.12 bits per heavy atom. The zero-order valence-corrected chi connectivity index (χ0v) is 8.92. The van der Waals surface area contributed by atoms with Gasteiger partial charge in [-0.25, -0.2) is 4.39 Å². The maximum absolute atomic E-state index is 12.6. The van der Waals surface area contributed by atoms with E-state index in [1.165, 1.54) is 24.3 Å². The first-order valence-corrected chi connectivity index (χ1v) is 4.94. The van der Waals surface area contributed by atoms with Crippen LogP contribution < -0.4 is 10.9 Å². The van der Waals surface area contributed by atoms with Crippen molar-refractivity contribution in [3.63, 3.8) is 0 Å². The second-order valence-electron chi connectivity index (χ2n) is 3.25. The zero-order valence-electron chi connectivity index (χ0n) is 8.92. The highest BCUT2D eigenvalue weighted by Gasteiger charge is 2.04. The average molecular weight is 224 g/mol. The second kappa shape index (κ2) is 5.85. The topological polar surface area (TPSA) is 58.2 Å². The van der Waals surface area contributed by atoms with Crippen LogP contribution in [0.2, 0.25) is 0 Å². The fraction of sp³-hybridized carbons (Fsp3) is 0.273. The maximum atomic E-state index is 12.6. The average Bonchev–Trinajstić information content (AvgIpc) is 2.29. The smallest absolute Gasteiger partial charge is 0.242 e. The number of rotatable bonds is 3. The van der Waals surface area contributed by atoms with Gasteiger partial charge in [-0.2, -0.15) is 0 Å². The number of hydrogen-bond donors (Lipinski definition) is 2. The fourth-order valence-electron chi connectivity index (χ4n) is 1.06. The van der Waals surface area contributed by atoms with Gasteiger partial charge in [0.15, 0.2) is 0 Å². The number of hydrazine groups is 1. The molecule has 0 saturated heterocycles. The van der Waals surface area contributed by atoms with Crippen molar-refractivity contribution >= 4 is 11.8 Å². The number of benzene rings is 1. The Bertz CT molecular complexity index is 376. The highest BCUT2D eigenvalue weighted by atomic mass is 19.1. The molecule has 0 aliphatic heterocycles. The molecule has 0 aliphatic rings. The molecule has 5 heteroatoms. The van der Waals surface area contributed by atoms with Gasteiger partial charge in [-0.1, -0.05) is 19.1 Å². The van der Waals surface area contributed by atoms with Gasteiger partial charge in [0.1, 0.15) is 5.82 Å². The van der Waals surface area contributed by atoms with Crippen molar-refractivity contribution in [3.05, 3.63) is 35.6 Å². The second-order valence-corrected chi connectivity index (χ2v) is 3.25. The molecule has 2 N–H and O–H groups in total. The van der Waals surface area contributed by atoms with E-state index in [-0.39, 0.29) is 24.1 Å². The minimum atomic E-state index is -0.344. The van der Waals surface area contributed by atoms with Crippen LogP contribution in [0, 0.1) is 5.82 Å². The highest BCUT2D eigenvalue weighted by Crippen LogP contribution is 2.02. The molecule has 4 nitrogen and oxygen atoms in total. The summed E-state index contributed by atoms with van der Waals surface area (Å²) in [7, 11) is 0. The third-order valence-corrected chi connectivity index (χ3v) is 1.94. The van der Waals surface area contributed by atoms with Crippen LogP contribution in [-0.2, 0) is 16.0 Å². The molecular weight excluding hydrogens is 211 g/mol. The predicted molar refractivity (Wildman–Crippen MR) is 56.7 cm³/mol. The van der Waals surface area contributed by atoms with Crippen LogP contribution in [0.5, 0.6) is 0 Å². The Hall–Kier alpha value is -1.91. The molecular formula is C11H13FN2O2. The van der Waals surface area contributed by atoms with Gasteiger partial charge < -0.3 is 0 Å². The zero-order chi connectivity index (χ0) is 12.0. The van der Waals surface area contributed by atoms with E-state index >= 15 is 0 Å². The first-order valence-electron chi connectivity index (χ1n) is 4.94. The van der Waals surface area contributed by atoms with Crippen LogP contribution in [-0.4, -0.2) is 11.8 Å². The lowest BCUT2D eigenvalue weighted by atomic mass is 10.1. The van der Waals surface area contributed by atoms with Crippen LogP contribution in [0.4, 0.5) is 4.39 Å². The van der Waals surface area contributed by atoms with Gasteiger partial charge in [0, 0.05) is 6.42 Å². The predicted octanol–water partition coefficient (Wildman–Crippen LogP) is 0.926. The lowest BCUT2D eigenvalue weighted by molar-refractivity contribution is -0.128. The molecule has 0 aliphatic carbocycles. The van der Waals surface area contributed by atoms with E-state index in [0.29, 0.717) is 12.0 Å². The number of carbonyl (C=O) groups excluding carboxylic acids is 2. The van der Waals surface area contributed by atoms with Gasteiger partial charge in [0.05, 0.1) is 6.42 Å². The summed E-state index contributed by atoms with van der Waals surface area (Å²) in [5.74, 6) is -0.940. The Morgan fingerprint density at radius 3 is 2.25 bits per heavy atom. The van der Waals surface area contributed by atoms with E-state index in [1.807, 2.05) is 0 Å². The molecule has 0 spiro atoms. The molecule has 86 valence electrons. The quantitative estimate of drug-likeness (QED) is 0.750. The lowest BCUT2D eigenvalue weighted by Crippen LogP contribution is -2.42. The van der Waals surface area contributed by atoms with Gasteiger partial charge in [0.25, 0.3) is 0 Å². The molecule has 0 heterocycles. The summed E-state index contributed by atoms with van der Waals surface area (Å²) in [6.07, 6.45) is 0.404. The molecule has 0 fully saturated rings. The van der Waals surface area contributed by atoms with Crippen LogP contribution in [0.3, 0.4) is 0 Å². The Balaban J connectivity index is 2.40. The third-order valence-electron chi connectivity index (χ3n) is 1.94. The van der Waals surface area contributed by atoms with E-state index < -0.39 is 0 Å². The van der Waals surface area contributed by atoms with Crippen molar-refractivity contribution in [3.8, 4) is 0 Å². The first kappa shape index (κ1) is 12.2. The molecule has 0 radical (unpaired) electrons. The van der Waals surface area contributed by atoms with Gasteiger partial charge in [0.2, 0.25) is 11.8 Å². The van der Waals surface area contributed by atoms with Crippen molar-refractivity contribution in [1.82, 2.24) is 10.9 Å². The van der Waals surface area contributed by atoms with Gasteiger partial charge in [-0.05, 0) is 17.7 Å². The minimum absolute atomic E-state index is 0.101. The van der Waals surface area contributed by atoms with Crippen LogP contribution in [0.25, 0.3) is 0 Å². The lowest BCUT2D eigenvalue weighted by Gasteiger charge is -2.05. The summed E-state index contributed by atoms with van der Waals surface area (Å²) in [5.41, 5.74) is 5.20. The molecule has 2 amide bonds. The summed E-state index contributed by atoms with van der Waals surface area (Å²) < 4.78 is 12.6. The van der Waals surface area contributed by atoms with E-state index in [2.05, 4.69) is 10.9 Å². The monoisotopic (exact) mass is 224 g/mol. The molecule has 16 heavy (non-hydrogen) atoms. The summed E-state index contributed by atoms with van der Waals surface area (Å²) in [4.78, 5) is 22.1. The van der Waals surface area contributed by atoms with Crippen LogP contribution in [0.1, 0.15) is 18.9 Å². The number of hydrogen-bond acceptors (Lipinski definition) is 2. The van der Waals surface area contributed by atoms with Gasteiger partial charge in [-0.15, -0.1) is 0 Å². The normalized spacial score (nSPS) is 9.62. The van der Waals surface area contributed by atoms with Crippen molar-refractivity contribution in [2.45, 2.75) is 19.8 Å². The van der Waals surface area contributed by atoms with Crippen molar-refractivity contribution in [1.29, 1.82) is 0 Å². The molecule has 0 bridgehead atoms. The van der Waals surface area contributed by atoms with Crippen molar-refractivity contribution < 1.29 is 14.0 Å². The Morgan fingerprint density at radius 2 is 1.69 bits per heavy atom. The van der Waals surface area contributed by atoms with E-state index in [0.717, 1.165) is 0 Å². The SMILES string of the molecule is CCC(=O)NNC(=O)Cc1ccc(F)cc1. The molecule has 0 saturated carbocycles. The fourth-order valence-corrected chi connectivity index (χ4v) is 1.06. The van der Waals surface area contributed by atoms with Crippen LogP contribution in [0.15, 0.2) is 24.3 Å². The number of carbonyl (C=O) groups is 2. The largest absolute Gasteiger partial charge is 0.273 e. The van der Waals surface area contributed by atoms with E-state index in [9.17, 15) is 14.0 Å². The molecule has 1 aromatic carbocycles. The highest BCUT2D eigenvalue weighted by molar-refractivity contribution is 5.83. The third kappa shape index (κ3) is 4.08. The summed E-state index contributed by atoms with van der Waals surface area (Å²) >= 11 is 0.